The molecule has 0 radical (unpaired) electrons. The van der Waals surface area contributed by atoms with Gasteiger partial charge in [-0.15, -0.1) is 0 Å². The predicted molar refractivity (Wildman–Crippen MR) is 65.3 cm³/mol. The Kier molecular flexibility index (Phi) is 3.75. The molecule has 2 nitrogen and oxygen atoms in total. The largest absolute Gasteiger partial charge is 0.371 e. The van der Waals surface area contributed by atoms with E-state index in [1.165, 1.54) is 5.56 Å². The Hall–Kier alpha value is -1.12. The first kappa shape index (κ1) is 11.4. The molecule has 2 rings (SSSR count). The fraction of sp³-hybridized carbons (Fsp3) is 0.429. The minimum Gasteiger partial charge on any atom is -0.371 e. The summed E-state index contributed by atoms with van der Waals surface area (Å²) in [5.74, 6) is 0. The molecule has 2 unspecified atom stereocenters. The normalized spacial score (nSPS) is 20.4. The van der Waals surface area contributed by atoms with E-state index >= 15 is 0 Å². The van der Waals surface area contributed by atoms with Crippen molar-refractivity contribution in [1.82, 2.24) is 0 Å². The van der Waals surface area contributed by atoms with E-state index in [-0.39, 0.29) is 6.10 Å². The molecular formula is C14H18O2. The second-order valence-corrected chi connectivity index (χ2v) is 4.02. The van der Waals surface area contributed by atoms with Gasteiger partial charge in [-0.3, -0.25) is 0 Å². The fourth-order valence-corrected chi connectivity index (χ4v) is 1.81. The molecule has 0 N–H and O–H groups in total. The summed E-state index contributed by atoms with van der Waals surface area (Å²) < 4.78 is 11.0. The van der Waals surface area contributed by atoms with Gasteiger partial charge in [-0.05, 0) is 17.5 Å². The lowest BCUT2D eigenvalue weighted by atomic mass is 10.0. The smallest absolute Gasteiger partial charge is 0.104 e. The Morgan fingerprint density at radius 2 is 2.31 bits per heavy atom. The zero-order valence-electron chi connectivity index (χ0n) is 9.69. The molecule has 1 aromatic carbocycles. The van der Waals surface area contributed by atoms with Gasteiger partial charge in [0.05, 0.1) is 19.3 Å². The Bertz CT molecular complexity index is 356. The van der Waals surface area contributed by atoms with E-state index in [9.17, 15) is 0 Å². The Labute approximate surface area is 96.9 Å². The molecule has 1 aromatic rings. The molecule has 1 aliphatic rings. The fourth-order valence-electron chi connectivity index (χ4n) is 1.81. The molecule has 1 fully saturated rings. The highest BCUT2D eigenvalue weighted by molar-refractivity contribution is 5.52. The van der Waals surface area contributed by atoms with Crippen LogP contribution in [0.4, 0.5) is 0 Å². The van der Waals surface area contributed by atoms with Gasteiger partial charge in [-0.25, -0.2) is 0 Å². The monoisotopic (exact) mass is 218 g/mol. The number of hydrogen-bond acceptors (Lipinski definition) is 2. The number of rotatable bonds is 6. The van der Waals surface area contributed by atoms with Gasteiger partial charge in [-0.2, -0.15) is 0 Å². The molecule has 86 valence electrons. The number of hydrogen-bond donors (Lipinski definition) is 0. The number of epoxide rings is 1. The highest BCUT2D eigenvalue weighted by Crippen LogP contribution is 2.26. The van der Waals surface area contributed by atoms with Gasteiger partial charge < -0.3 is 9.47 Å². The van der Waals surface area contributed by atoms with Crippen LogP contribution in [-0.4, -0.2) is 19.3 Å². The van der Waals surface area contributed by atoms with E-state index in [2.05, 4.69) is 25.6 Å². The quantitative estimate of drug-likeness (QED) is 0.684. The third kappa shape index (κ3) is 2.71. The summed E-state index contributed by atoms with van der Waals surface area (Å²) in [7, 11) is 0. The summed E-state index contributed by atoms with van der Waals surface area (Å²) in [6, 6.07) is 8.25. The average molecular weight is 218 g/mol. The molecule has 0 aromatic heterocycles. The summed E-state index contributed by atoms with van der Waals surface area (Å²) in [6.07, 6.45) is 3.33. The Morgan fingerprint density at radius 1 is 1.56 bits per heavy atom. The molecule has 1 saturated heterocycles. The van der Waals surface area contributed by atoms with Gasteiger partial charge in [0.1, 0.15) is 6.10 Å². The molecular weight excluding hydrogens is 200 g/mol. The molecule has 2 heteroatoms. The van der Waals surface area contributed by atoms with Crippen molar-refractivity contribution in [3.63, 3.8) is 0 Å². The third-order valence-electron chi connectivity index (χ3n) is 2.82. The van der Waals surface area contributed by atoms with Gasteiger partial charge in [0.2, 0.25) is 0 Å². The van der Waals surface area contributed by atoms with Gasteiger partial charge in [0.25, 0.3) is 0 Å². The first-order valence-corrected chi connectivity index (χ1v) is 5.79. The lowest BCUT2D eigenvalue weighted by Gasteiger charge is -2.18. The molecule has 16 heavy (non-hydrogen) atoms. The van der Waals surface area contributed by atoms with Crippen molar-refractivity contribution in [2.45, 2.75) is 25.6 Å². The van der Waals surface area contributed by atoms with Crippen molar-refractivity contribution in [3.8, 4) is 0 Å². The van der Waals surface area contributed by atoms with Crippen LogP contribution in [0.15, 0.2) is 30.8 Å². The van der Waals surface area contributed by atoms with Crippen LogP contribution in [-0.2, 0) is 9.47 Å². The Morgan fingerprint density at radius 3 is 2.94 bits per heavy atom. The highest BCUT2D eigenvalue weighted by atomic mass is 16.6. The van der Waals surface area contributed by atoms with Crippen LogP contribution in [0.1, 0.15) is 30.6 Å². The molecule has 0 saturated carbocycles. The minimum atomic E-state index is 0.151. The van der Waals surface area contributed by atoms with Crippen molar-refractivity contribution < 1.29 is 9.47 Å². The van der Waals surface area contributed by atoms with Crippen LogP contribution < -0.4 is 0 Å². The van der Waals surface area contributed by atoms with Gasteiger partial charge >= 0.3 is 0 Å². The van der Waals surface area contributed by atoms with Crippen molar-refractivity contribution in [2.75, 3.05) is 13.2 Å². The van der Waals surface area contributed by atoms with Crippen LogP contribution in [0.25, 0.3) is 6.08 Å². The van der Waals surface area contributed by atoms with E-state index in [0.717, 1.165) is 18.6 Å². The van der Waals surface area contributed by atoms with Gasteiger partial charge in [-0.1, -0.05) is 43.8 Å². The van der Waals surface area contributed by atoms with Crippen LogP contribution >= 0.6 is 0 Å². The Balaban J connectivity index is 2.07. The van der Waals surface area contributed by atoms with Crippen molar-refractivity contribution in [2.24, 2.45) is 0 Å². The van der Waals surface area contributed by atoms with E-state index < -0.39 is 0 Å². The molecule has 0 spiro atoms. The summed E-state index contributed by atoms with van der Waals surface area (Å²) in [6.45, 7) is 7.52. The second kappa shape index (κ2) is 5.28. The van der Waals surface area contributed by atoms with E-state index in [0.29, 0.717) is 12.7 Å². The average Bonchev–Trinajstić information content (AvgIpc) is 3.14. The molecule has 0 bridgehead atoms. The van der Waals surface area contributed by atoms with Crippen LogP contribution in [0, 0.1) is 0 Å². The molecule has 2 atom stereocenters. The highest BCUT2D eigenvalue weighted by Gasteiger charge is 2.24. The first-order valence-electron chi connectivity index (χ1n) is 5.79. The van der Waals surface area contributed by atoms with E-state index in [1.807, 2.05) is 18.2 Å². The molecule has 0 amide bonds. The third-order valence-corrected chi connectivity index (χ3v) is 2.82. The lowest BCUT2D eigenvalue weighted by molar-refractivity contribution is 0.0393. The second-order valence-electron chi connectivity index (χ2n) is 4.02. The van der Waals surface area contributed by atoms with E-state index in [4.69, 9.17) is 9.47 Å². The maximum Gasteiger partial charge on any atom is 0.104 e. The number of benzene rings is 1. The first-order chi connectivity index (χ1) is 7.85. The summed E-state index contributed by atoms with van der Waals surface area (Å²) in [5, 5.41) is 0. The maximum atomic E-state index is 5.87. The van der Waals surface area contributed by atoms with Crippen LogP contribution in [0.2, 0.25) is 0 Å². The SMILES string of the molecule is C=Cc1ccccc1C(CC)OCC1CO1. The molecule has 1 aliphatic heterocycles. The predicted octanol–water partition coefficient (Wildman–Crippen LogP) is 3.20. The zero-order chi connectivity index (χ0) is 11.4. The van der Waals surface area contributed by atoms with Gasteiger partial charge in [0, 0.05) is 0 Å². The number of ether oxygens (including phenoxy) is 2. The lowest BCUT2D eigenvalue weighted by Crippen LogP contribution is -2.09. The van der Waals surface area contributed by atoms with Crippen molar-refractivity contribution in [1.29, 1.82) is 0 Å². The molecule has 1 heterocycles. The standard InChI is InChI=1S/C14H18O2/c1-3-11-7-5-6-8-13(11)14(4-2)16-10-12-9-15-12/h3,5-8,12,14H,1,4,9-10H2,2H3. The van der Waals surface area contributed by atoms with Gasteiger partial charge in [0.15, 0.2) is 0 Å². The van der Waals surface area contributed by atoms with E-state index in [1.54, 1.807) is 0 Å². The minimum absolute atomic E-state index is 0.151. The van der Waals surface area contributed by atoms with Crippen LogP contribution in [0.3, 0.4) is 0 Å². The van der Waals surface area contributed by atoms with Crippen LogP contribution in [0.5, 0.6) is 0 Å². The molecule has 0 aliphatic carbocycles. The summed E-state index contributed by atoms with van der Waals surface area (Å²) >= 11 is 0. The summed E-state index contributed by atoms with van der Waals surface area (Å²) in [5.41, 5.74) is 2.38. The topological polar surface area (TPSA) is 21.8 Å². The summed E-state index contributed by atoms with van der Waals surface area (Å²) in [4.78, 5) is 0. The van der Waals surface area contributed by atoms with Crippen molar-refractivity contribution in [3.05, 3.63) is 42.0 Å². The zero-order valence-corrected chi connectivity index (χ0v) is 9.69. The van der Waals surface area contributed by atoms with Crippen molar-refractivity contribution >= 4 is 6.08 Å². The maximum absolute atomic E-state index is 5.87.